The van der Waals surface area contributed by atoms with Gasteiger partial charge in [0.1, 0.15) is 0 Å². The van der Waals surface area contributed by atoms with Crippen LogP contribution in [0.3, 0.4) is 0 Å². The van der Waals surface area contributed by atoms with Crippen LogP contribution in [-0.4, -0.2) is 53.8 Å². The third kappa shape index (κ3) is 3.33. The van der Waals surface area contributed by atoms with Crippen molar-refractivity contribution in [3.8, 4) is 0 Å². The van der Waals surface area contributed by atoms with E-state index in [2.05, 4.69) is 0 Å². The largest absolute Gasteiger partial charge is 0.339 e. The van der Waals surface area contributed by atoms with Gasteiger partial charge in [0.15, 0.2) is 0 Å². The van der Waals surface area contributed by atoms with Crippen LogP contribution in [0, 0.1) is 5.92 Å². The molecule has 6 heteroatoms. The Morgan fingerprint density at radius 2 is 1.86 bits per heavy atom. The average molecular weight is 321 g/mol. The molecular formula is C16H23N3O2S. The number of thiophene rings is 1. The highest BCUT2D eigenvalue weighted by Gasteiger charge is 2.31. The quantitative estimate of drug-likeness (QED) is 0.899. The third-order valence-corrected chi connectivity index (χ3v) is 5.53. The smallest absolute Gasteiger partial charge is 0.264 e. The Morgan fingerprint density at radius 1 is 1.14 bits per heavy atom. The van der Waals surface area contributed by atoms with Crippen LogP contribution >= 0.6 is 11.3 Å². The fraction of sp³-hybridized carbons (Fsp3) is 0.625. The molecule has 1 aromatic heterocycles. The van der Waals surface area contributed by atoms with Gasteiger partial charge in [0, 0.05) is 38.1 Å². The van der Waals surface area contributed by atoms with Crippen LogP contribution in [0.4, 0.5) is 0 Å². The van der Waals surface area contributed by atoms with Crippen LogP contribution < -0.4 is 5.73 Å². The maximum Gasteiger partial charge on any atom is 0.264 e. The van der Waals surface area contributed by atoms with Crippen LogP contribution in [0.25, 0.3) is 0 Å². The van der Waals surface area contributed by atoms with Crippen LogP contribution in [0.2, 0.25) is 0 Å². The first-order valence-electron chi connectivity index (χ1n) is 8.02. The molecule has 1 aliphatic heterocycles. The molecule has 3 rings (SSSR count). The summed E-state index contributed by atoms with van der Waals surface area (Å²) in [7, 11) is 0. The zero-order chi connectivity index (χ0) is 15.5. The Balaban J connectivity index is 1.53. The standard InChI is InChI=1S/C16H23N3O2S/c17-13-4-1-3-12(11-13)15(20)18-6-8-19(9-7-18)16(21)14-5-2-10-22-14/h2,5,10,12-13H,1,3-4,6-9,11,17H2. The molecule has 0 spiro atoms. The molecule has 2 aliphatic rings. The van der Waals surface area contributed by atoms with Crippen molar-refractivity contribution < 1.29 is 9.59 Å². The topological polar surface area (TPSA) is 66.6 Å². The van der Waals surface area contributed by atoms with Crippen molar-refractivity contribution in [2.75, 3.05) is 26.2 Å². The van der Waals surface area contributed by atoms with E-state index < -0.39 is 0 Å². The minimum absolute atomic E-state index is 0.0850. The molecule has 1 saturated heterocycles. The van der Waals surface area contributed by atoms with E-state index in [0.717, 1.165) is 30.6 Å². The minimum atomic E-state index is 0.0850. The second-order valence-corrected chi connectivity index (χ2v) is 7.17. The van der Waals surface area contributed by atoms with Gasteiger partial charge in [-0.2, -0.15) is 0 Å². The van der Waals surface area contributed by atoms with Crippen molar-refractivity contribution in [2.45, 2.75) is 31.7 Å². The summed E-state index contributed by atoms with van der Waals surface area (Å²) >= 11 is 1.47. The lowest BCUT2D eigenvalue weighted by molar-refractivity contribution is -0.138. The van der Waals surface area contributed by atoms with E-state index in [-0.39, 0.29) is 23.8 Å². The van der Waals surface area contributed by atoms with Crippen molar-refractivity contribution in [3.63, 3.8) is 0 Å². The SMILES string of the molecule is NC1CCCC(C(=O)N2CCN(C(=O)c3cccs3)CC2)C1. The molecule has 2 atom stereocenters. The number of carbonyl (C=O) groups excluding carboxylic acids is 2. The Labute approximate surface area is 135 Å². The molecule has 2 unspecified atom stereocenters. The summed E-state index contributed by atoms with van der Waals surface area (Å²) < 4.78 is 0. The van der Waals surface area contributed by atoms with Crippen molar-refractivity contribution in [1.82, 2.24) is 9.80 Å². The number of amides is 2. The number of nitrogens with zero attached hydrogens (tertiary/aromatic N) is 2. The first-order valence-corrected chi connectivity index (χ1v) is 8.90. The third-order valence-electron chi connectivity index (χ3n) is 4.67. The summed E-state index contributed by atoms with van der Waals surface area (Å²) in [4.78, 5) is 29.4. The van der Waals surface area contributed by atoms with Gasteiger partial charge in [-0.15, -0.1) is 11.3 Å². The monoisotopic (exact) mass is 321 g/mol. The zero-order valence-electron chi connectivity index (χ0n) is 12.7. The van der Waals surface area contributed by atoms with E-state index in [0.29, 0.717) is 26.2 Å². The highest BCUT2D eigenvalue weighted by molar-refractivity contribution is 7.12. The average Bonchev–Trinajstić information content (AvgIpc) is 3.08. The summed E-state index contributed by atoms with van der Waals surface area (Å²) in [5, 5.41) is 1.92. The molecule has 2 N–H and O–H groups in total. The lowest BCUT2D eigenvalue weighted by Gasteiger charge is -2.37. The Morgan fingerprint density at radius 3 is 2.50 bits per heavy atom. The van der Waals surface area contributed by atoms with Gasteiger partial charge in [0.25, 0.3) is 5.91 Å². The molecule has 1 aromatic rings. The van der Waals surface area contributed by atoms with Crippen molar-refractivity contribution >= 4 is 23.2 Å². The highest BCUT2D eigenvalue weighted by atomic mass is 32.1. The van der Waals surface area contributed by atoms with Crippen LogP contribution in [-0.2, 0) is 4.79 Å². The van der Waals surface area contributed by atoms with Crippen molar-refractivity contribution in [1.29, 1.82) is 0 Å². The predicted octanol–water partition coefficient (Wildman–Crippen LogP) is 1.55. The molecule has 5 nitrogen and oxygen atoms in total. The molecule has 2 fully saturated rings. The van der Waals surface area contributed by atoms with Gasteiger partial charge in [-0.3, -0.25) is 9.59 Å². The first-order chi connectivity index (χ1) is 10.6. The van der Waals surface area contributed by atoms with E-state index in [9.17, 15) is 9.59 Å². The fourth-order valence-electron chi connectivity index (χ4n) is 3.40. The van der Waals surface area contributed by atoms with Crippen LogP contribution in [0.5, 0.6) is 0 Å². The summed E-state index contributed by atoms with van der Waals surface area (Å²) in [6, 6.07) is 3.92. The van der Waals surface area contributed by atoms with Gasteiger partial charge in [-0.05, 0) is 30.7 Å². The summed E-state index contributed by atoms with van der Waals surface area (Å²) in [5.41, 5.74) is 5.99. The molecule has 1 saturated carbocycles. The summed E-state index contributed by atoms with van der Waals surface area (Å²) in [6.45, 7) is 2.53. The summed E-state index contributed by atoms with van der Waals surface area (Å²) in [5.74, 6) is 0.406. The van der Waals surface area contributed by atoms with E-state index in [1.54, 1.807) is 0 Å². The maximum atomic E-state index is 12.6. The van der Waals surface area contributed by atoms with E-state index in [1.807, 2.05) is 27.3 Å². The summed E-state index contributed by atoms with van der Waals surface area (Å²) in [6.07, 6.45) is 3.86. The lowest BCUT2D eigenvalue weighted by atomic mass is 9.85. The molecule has 120 valence electrons. The van der Waals surface area contributed by atoms with Gasteiger partial charge in [-0.1, -0.05) is 12.5 Å². The van der Waals surface area contributed by atoms with Crippen LogP contribution in [0.1, 0.15) is 35.4 Å². The molecule has 1 aliphatic carbocycles. The Bertz CT molecular complexity index is 524. The molecule has 2 heterocycles. The molecule has 2 amide bonds. The van der Waals surface area contributed by atoms with Crippen molar-refractivity contribution in [3.05, 3.63) is 22.4 Å². The lowest BCUT2D eigenvalue weighted by Crippen LogP contribution is -2.52. The molecule has 0 bridgehead atoms. The highest BCUT2D eigenvalue weighted by Crippen LogP contribution is 2.25. The number of rotatable bonds is 2. The second-order valence-electron chi connectivity index (χ2n) is 6.22. The number of carbonyl (C=O) groups is 2. The van der Waals surface area contributed by atoms with Gasteiger partial charge < -0.3 is 15.5 Å². The van der Waals surface area contributed by atoms with Gasteiger partial charge in [0.05, 0.1) is 4.88 Å². The Hall–Kier alpha value is -1.40. The van der Waals surface area contributed by atoms with Crippen LogP contribution in [0.15, 0.2) is 17.5 Å². The van der Waals surface area contributed by atoms with E-state index in [1.165, 1.54) is 11.3 Å². The van der Waals surface area contributed by atoms with Gasteiger partial charge in [0.2, 0.25) is 5.91 Å². The number of hydrogen-bond acceptors (Lipinski definition) is 4. The Kier molecular flexibility index (Phi) is 4.78. The maximum absolute atomic E-state index is 12.6. The molecule has 0 aromatic carbocycles. The molecule has 22 heavy (non-hydrogen) atoms. The predicted molar refractivity (Wildman–Crippen MR) is 86.7 cm³/mol. The number of hydrogen-bond donors (Lipinski definition) is 1. The number of nitrogens with two attached hydrogens (primary N) is 1. The first kappa shape index (κ1) is 15.5. The van der Waals surface area contributed by atoms with E-state index >= 15 is 0 Å². The fourth-order valence-corrected chi connectivity index (χ4v) is 4.09. The van der Waals surface area contributed by atoms with Gasteiger partial charge in [-0.25, -0.2) is 0 Å². The van der Waals surface area contributed by atoms with Crippen molar-refractivity contribution in [2.24, 2.45) is 11.7 Å². The second kappa shape index (κ2) is 6.79. The normalized spacial score (nSPS) is 26.0. The van der Waals surface area contributed by atoms with E-state index in [4.69, 9.17) is 5.73 Å². The number of piperazine rings is 1. The van der Waals surface area contributed by atoms with Gasteiger partial charge >= 0.3 is 0 Å². The minimum Gasteiger partial charge on any atom is -0.339 e. The molecular weight excluding hydrogens is 298 g/mol. The molecule has 0 radical (unpaired) electrons. The zero-order valence-corrected chi connectivity index (χ0v) is 13.6.